The zero-order valence-corrected chi connectivity index (χ0v) is 16.2. The summed E-state index contributed by atoms with van der Waals surface area (Å²) in [6.07, 6.45) is 3.43. The monoisotopic (exact) mass is 399 g/mol. The average Bonchev–Trinajstić information content (AvgIpc) is 3.36. The summed E-state index contributed by atoms with van der Waals surface area (Å²) in [5.41, 5.74) is 2.55. The Labute approximate surface area is 165 Å². The highest BCUT2D eigenvalue weighted by molar-refractivity contribution is 8.01. The van der Waals surface area contributed by atoms with Gasteiger partial charge in [0, 0.05) is 10.6 Å². The first-order valence-electron chi connectivity index (χ1n) is 8.77. The van der Waals surface area contributed by atoms with Crippen molar-refractivity contribution in [2.75, 3.05) is 5.32 Å². The van der Waals surface area contributed by atoms with Crippen molar-refractivity contribution in [1.82, 2.24) is 10.2 Å². The maximum absolute atomic E-state index is 13.7. The molecule has 0 spiro atoms. The molecule has 1 amide bonds. The molecule has 1 heterocycles. The van der Waals surface area contributed by atoms with E-state index in [1.807, 2.05) is 30.3 Å². The van der Waals surface area contributed by atoms with Crippen molar-refractivity contribution in [3.8, 4) is 0 Å². The van der Waals surface area contributed by atoms with Crippen molar-refractivity contribution in [2.24, 2.45) is 0 Å². The highest BCUT2D eigenvalue weighted by Gasteiger charge is 2.42. The lowest BCUT2D eigenvalue weighted by molar-refractivity contribution is -0.121. The van der Waals surface area contributed by atoms with Crippen LogP contribution in [0.1, 0.15) is 31.2 Å². The molecule has 7 heteroatoms. The molecular weight excluding hydrogens is 381 g/mol. The van der Waals surface area contributed by atoms with Crippen molar-refractivity contribution in [3.05, 3.63) is 65.4 Å². The van der Waals surface area contributed by atoms with Crippen molar-refractivity contribution in [3.63, 3.8) is 0 Å². The van der Waals surface area contributed by atoms with Gasteiger partial charge in [0.25, 0.3) is 0 Å². The number of carbonyl (C=O) groups excluding carboxylic acids is 1. The first kappa shape index (κ1) is 18.1. The van der Waals surface area contributed by atoms with Gasteiger partial charge in [-0.25, -0.2) is 4.39 Å². The molecule has 0 bridgehead atoms. The first-order valence-corrected chi connectivity index (χ1v) is 10.5. The van der Waals surface area contributed by atoms with Gasteiger partial charge in [0.1, 0.15) is 11.3 Å². The molecule has 1 aliphatic rings. The van der Waals surface area contributed by atoms with Crippen LogP contribution in [-0.4, -0.2) is 16.1 Å². The van der Waals surface area contributed by atoms with Crippen molar-refractivity contribution in [2.45, 2.75) is 40.3 Å². The van der Waals surface area contributed by atoms with E-state index in [1.54, 1.807) is 11.6 Å². The third-order valence-corrected chi connectivity index (χ3v) is 6.71. The molecular formula is C20H18FN3OS2. The van der Waals surface area contributed by atoms with Gasteiger partial charge in [-0.2, -0.15) is 0 Å². The van der Waals surface area contributed by atoms with E-state index < -0.39 is 5.41 Å². The number of benzene rings is 2. The SMILES string of the molecule is O=C(Nc1ccc(Sc2nncs2)cc1)C1(c2cccc(F)c2)CCCC1. The molecule has 1 aliphatic carbocycles. The van der Waals surface area contributed by atoms with Crippen LogP contribution in [0.3, 0.4) is 0 Å². The molecule has 2 aromatic carbocycles. The summed E-state index contributed by atoms with van der Waals surface area (Å²) in [5, 5.41) is 10.9. The average molecular weight is 400 g/mol. The standard InChI is InChI=1S/C20H18FN3OS2/c21-15-5-3-4-14(12-15)20(10-1-2-11-20)18(25)23-16-6-8-17(9-7-16)27-19-24-22-13-26-19/h3-9,12-13H,1-2,10-11H2,(H,23,25). The van der Waals surface area contributed by atoms with Crippen LogP contribution in [0.4, 0.5) is 10.1 Å². The van der Waals surface area contributed by atoms with Crippen LogP contribution in [0.25, 0.3) is 0 Å². The van der Waals surface area contributed by atoms with E-state index in [1.165, 1.54) is 35.2 Å². The van der Waals surface area contributed by atoms with Gasteiger partial charge < -0.3 is 5.32 Å². The number of amides is 1. The summed E-state index contributed by atoms with van der Waals surface area (Å²) in [7, 11) is 0. The molecule has 1 fully saturated rings. The molecule has 0 atom stereocenters. The van der Waals surface area contributed by atoms with Crippen LogP contribution in [-0.2, 0) is 10.2 Å². The number of aromatic nitrogens is 2. The lowest BCUT2D eigenvalue weighted by atomic mass is 9.78. The number of rotatable bonds is 5. The topological polar surface area (TPSA) is 54.9 Å². The van der Waals surface area contributed by atoms with Gasteiger partial charge in [-0.3, -0.25) is 4.79 Å². The molecule has 4 nitrogen and oxygen atoms in total. The van der Waals surface area contributed by atoms with E-state index >= 15 is 0 Å². The van der Waals surface area contributed by atoms with Crippen LogP contribution < -0.4 is 5.32 Å². The van der Waals surface area contributed by atoms with Crippen LogP contribution >= 0.6 is 23.1 Å². The second kappa shape index (κ2) is 7.78. The number of nitrogens with one attached hydrogen (secondary N) is 1. The maximum Gasteiger partial charge on any atom is 0.235 e. The second-order valence-corrected chi connectivity index (χ2v) is 8.74. The first-order chi connectivity index (χ1) is 13.2. The summed E-state index contributed by atoms with van der Waals surface area (Å²) >= 11 is 3.02. The van der Waals surface area contributed by atoms with Gasteiger partial charge in [-0.05, 0) is 54.8 Å². The molecule has 1 saturated carbocycles. The Morgan fingerprint density at radius 2 is 1.93 bits per heavy atom. The number of anilines is 1. The van der Waals surface area contributed by atoms with Gasteiger partial charge in [-0.15, -0.1) is 10.2 Å². The fourth-order valence-corrected chi connectivity index (χ4v) is 5.03. The third kappa shape index (κ3) is 3.89. The highest BCUT2D eigenvalue weighted by atomic mass is 32.2. The second-order valence-electron chi connectivity index (χ2n) is 6.58. The van der Waals surface area contributed by atoms with Gasteiger partial charge >= 0.3 is 0 Å². The predicted octanol–water partition coefficient (Wildman–Crippen LogP) is 5.28. The van der Waals surface area contributed by atoms with E-state index in [0.29, 0.717) is 0 Å². The number of hydrogen-bond donors (Lipinski definition) is 1. The van der Waals surface area contributed by atoms with Crippen LogP contribution in [0.2, 0.25) is 0 Å². The summed E-state index contributed by atoms with van der Waals surface area (Å²) in [6, 6.07) is 14.1. The van der Waals surface area contributed by atoms with Crippen LogP contribution in [0.5, 0.6) is 0 Å². The third-order valence-electron chi connectivity index (χ3n) is 4.93. The van der Waals surface area contributed by atoms with E-state index in [-0.39, 0.29) is 11.7 Å². The summed E-state index contributed by atoms with van der Waals surface area (Å²) in [4.78, 5) is 14.2. The molecule has 0 radical (unpaired) electrons. The summed E-state index contributed by atoms with van der Waals surface area (Å²) < 4.78 is 14.6. The normalized spacial score (nSPS) is 15.6. The minimum absolute atomic E-state index is 0.0601. The molecule has 1 aromatic heterocycles. The Morgan fingerprint density at radius 3 is 2.59 bits per heavy atom. The lowest BCUT2D eigenvalue weighted by Gasteiger charge is -2.28. The molecule has 0 aliphatic heterocycles. The fourth-order valence-electron chi connectivity index (χ4n) is 3.58. The largest absolute Gasteiger partial charge is 0.325 e. The van der Waals surface area contributed by atoms with Crippen molar-refractivity contribution >= 4 is 34.7 Å². The number of halogens is 1. The molecule has 1 N–H and O–H groups in total. The lowest BCUT2D eigenvalue weighted by Crippen LogP contribution is -2.38. The van der Waals surface area contributed by atoms with Gasteiger partial charge in [0.05, 0.1) is 5.41 Å². The minimum Gasteiger partial charge on any atom is -0.325 e. The number of hydrogen-bond acceptors (Lipinski definition) is 5. The zero-order chi connectivity index (χ0) is 18.7. The maximum atomic E-state index is 13.7. The van der Waals surface area contributed by atoms with Crippen molar-refractivity contribution in [1.29, 1.82) is 0 Å². The zero-order valence-electron chi connectivity index (χ0n) is 14.5. The molecule has 0 unspecified atom stereocenters. The van der Waals surface area contributed by atoms with Crippen LogP contribution in [0.15, 0.2) is 63.3 Å². The Hall–Kier alpha value is -2.25. The summed E-state index contributed by atoms with van der Waals surface area (Å²) in [6.45, 7) is 0. The summed E-state index contributed by atoms with van der Waals surface area (Å²) in [5.74, 6) is -0.361. The highest BCUT2D eigenvalue weighted by Crippen LogP contribution is 2.42. The van der Waals surface area contributed by atoms with E-state index in [4.69, 9.17) is 0 Å². The number of nitrogens with zero attached hydrogens (tertiary/aromatic N) is 2. The Morgan fingerprint density at radius 1 is 1.15 bits per heavy atom. The Bertz CT molecular complexity index is 923. The van der Waals surface area contributed by atoms with E-state index in [0.717, 1.165) is 46.2 Å². The molecule has 3 aromatic rings. The molecule has 27 heavy (non-hydrogen) atoms. The number of carbonyl (C=O) groups is 1. The van der Waals surface area contributed by atoms with Gasteiger partial charge in [0.2, 0.25) is 5.91 Å². The Balaban J connectivity index is 1.51. The molecule has 4 rings (SSSR count). The van der Waals surface area contributed by atoms with E-state index in [2.05, 4.69) is 15.5 Å². The minimum atomic E-state index is -0.651. The van der Waals surface area contributed by atoms with Crippen molar-refractivity contribution < 1.29 is 9.18 Å². The molecule has 0 saturated heterocycles. The van der Waals surface area contributed by atoms with Crippen LogP contribution in [0, 0.1) is 5.82 Å². The van der Waals surface area contributed by atoms with E-state index in [9.17, 15) is 9.18 Å². The Kier molecular flexibility index (Phi) is 5.22. The van der Waals surface area contributed by atoms with Gasteiger partial charge in [-0.1, -0.05) is 48.1 Å². The predicted molar refractivity (Wildman–Crippen MR) is 106 cm³/mol. The fraction of sp³-hybridized carbons (Fsp3) is 0.250. The molecule has 138 valence electrons. The van der Waals surface area contributed by atoms with Gasteiger partial charge in [0.15, 0.2) is 4.34 Å². The quantitative estimate of drug-likeness (QED) is 0.634. The smallest absolute Gasteiger partial charge is 0.235 e.